The Bertz CT molecular complexity index is 644. The fourth-order valence-corrected chi connectivity index (χ4v) is 3.78. The maximum atomic E-state index is 12.6. The zero-order valence-electron chi connectivity index (χ0n) is 14.1. The van der Waals surface area contributed by atoms with E-state index in [-0.39, 0.29) is 36.8 Å². The van der Waals surface area contributed by atoms with Crippen molar-refractivity contribution in [1.82, 2.24) is 4.90 Å². The molecule has 0 radical (unpaired) electrons. The molecular formula is C19H23NO5. The first-order valence-corrected chi connectivity index (χ1v) is 8.79. The molecule has 1 N–H and O–H groups in total. The van der Waals surface area contributed by atoms with Gasteiger partial charge in [0, 0.05) is 6.42 Å². The number of carboxylic acids is 1. The van der Waals surface area contributed by atoms with Gasteiger partial charge in [-0.05, 0) is 18.4 Å². The Balaban J connectivity index is 1.68. The first-order chi connectivity index (χ1) is 12.1. The van der Waals surface area contributed by atoms with Crippen molar-refractivity contribution in [2.45, 2.75) is 57.3 Å². The van der Waals surface area contributed by atoms with E-state index in [9.17, 15) is 14.4 Å². The highest BCUT2D eigenvalue weighted by Crippen LogP contribution is 2.33. The lowest BCUT2D eigenvalue weighted by Gasteiger charge is -2.36. The summed E-state index contributed by atoms with van der Waals surface area (Å²) >= 11 is 0. The number of likely N-dealkylation sites (tertiary alicyclic amines) is 1. The number of hydrogen-bond donors (Lipinski definition) is 1. The lowest BCUT2D eigenvalue weighted by Crippen LogP contribution is -2.49. The van der Waals surface area contributed by atoms with E-state index in [4.69, 9.17) is 9.84 Å². The van der Waals surface area contributed by atoms with Crippen LogP contribution in [-0.2, 0) is 25.7 Å². The van der Waals surface area contributed by atoms with Crippen molar-refractivity contribution < 1.29 is 24.2 Å². The van der Waals surface area contributed by atoms with Gasteiger partial charge in [0.15, 0.2) is 0 Å². The predicted octanol–water partition coefficient (Wildman–Crippen LogP) is 2.36. The van der Waals surface area contributed by atoms with Crippen LogP contribution in [0.1, 0.15) is 44.1 Å². The molecule has 6 heteroatoms. The SMILES string of the molecule is O=C(O)C[C@H]1CC(=O)N([C@@H]2CCCC[C@H]2OCc2ccccc2)C1=O. The van der Waals surface area contributed by atoms with Crippen LogP contribution < -0.4 is 0 Å². The molecule has 1 aliphatic carbocycles. The van der Waals surface area contributed by atoms with E-state index in [0.717, 1.165) is 31.2 Å². The van der Waals surface area contributed by atoms with Gasteiger partial charge in [0.2, 0.25) is 11.8 Å². The van der Waals surface area contributed by atoms with Crippen LogP contribution in [0.5, 0.6) is 0 Å². The van der Waals surface area contributed by atoms with Crippen LogP contribution in [0.15, 0.2) is 30.3 Å². The summed E-state index contributed by atoms with van der Waals surface area (Å²) in [5.41, 5.74) is 1.05. The number of imide groups is 1. The van der Waals surface area contributed by atoms with Crippen LogP contribution in [0, 0.1) is 5.92 Å². The molecule has 134 valence electrons. The van der Waals surface area contributed by atoms with Crippen LogP contribution >= 0.6 is 0 Å². The van der Waals surface area contributed by atoms with Crippen LogP contribution in [-0.4, -0.2) is 39.9 Å². The van der Waals surface area contributed by atoms with E-state index < -0.39 is 11.9 Å². The van der Waals surface area contributed by atoms with E-state index in [0.29, 0.717) is 6.61 Å². The van der Waals surface area contributed by atoms with Gasteiger partial charge in [0.05, 0.1) is 31.1 Å². The number of rotatable bonds is 6. The third kappa shape index (κ3) is 4.07. The first kappa shape index (κ1) is 17.6. The third-order valence-corrected chi connectivity index (χ3v) is 5.00. The minimum Gasteiger partial charge on any atom is -0.481 e. The lowest BCUT2D eigenvalue weighted by atomic mass is 9.91. The quantitative estimate of drug-likeness (QED) is 0.800. The third-order valence-electron chi connectivity index (χ3n) is 5.00. The molecule has 1 saturated heterocycles. The number of carbonyl (C=O) groups excluding carboxylic acids is 2. The number of nitrogens with zero attached hydrogens (tertiary/aromatic N) is 1. The number of ether oxygens (including phenoxy) is 1. The normalized spacial score (nSPS) is 26.9. The zero-order chi connectivity index (χ0) is 17.8. The van der Waals surface area contributed by atoms with Crippen LogP contribution in [0.3, 0.4) is 0 Å². The molecule has 3 atom stereocenters. The van der Waals surface area contributed by atoms with Crippen molar-refractivity contribution in [3.8, 4) is 0 Å². The van der Waals surface area contributed by atoms with Gasteiger partial charge in [0.25, 0.3) is 0 Å². The summed E-state index contributed by atoms with van der Waals surface area (Å²) in [7, 11) is 0. The van der Waals surface area contributed by atoms with Gasteiger partial charge in [-0.3, -0.25) is 19.3 Å². The molecule has 0 spiro atoms. The maximum Gasteiger partial charge on any atom is 0.304 e. The van der Waals surface area contributed by atoms with E-state index in [1.807, 2.05) is 30.3 Å². The van der Waals surface area contributed by atoms with Crippen molar-refractivity contribution >= 4 is 17.8 Å². The Kier molecular flexibility index (Phi) is 5.48. The fourth-order valence-electron chi connectivity index (χ4n) is 3.78. The van der Waals surface area contributed by atoms with Crippen LogP contribution in [0.4, 0.5) is 0 Å². The summed E-state index contributed by atoms with van der Waals surface area (Å²) in [5, 5.41) is 8.93. The number of aliphatic carboxylic acids is 1. The Labute approximate surface area is 146 Å². The standard InChI is InChI=1S/C19H23NO5/c21-17-10-14(11-18(22)23)19(24)20(17)15-8-4-5-9-16(15)25-12-13-6-2-1-3-7-13/h1-3,6-7,14-16H,4-5,8-12H2,(H,22,23)/t14-,15-,16-/m1/s1. The van der Waals surface area contributed by atoms with Crippen molar-refractivity contribution in [1.29, 1.82) is 0 Å². The van der Waals surface area contributed by atoms with Crippen molar-refractivity contribution in [3.63, 3.8) is 0 Å². The lowest BCUT2D eigenvalue weighted by molar-refractivity contribution is -0.150. The summed E-state index contributed by atoms with van der Waals surface area (Å²) in [6.07, 6.45) is 2.98. The monoisotopic (exact) mass is 345 g/mol. The zero-order valence-corrected chi connectivity index (χ0v) is 14.1. The molecular weight excluding hydrogens is 322 g/mol. The van der Waals surface area contributed by atoms with Crippen molar-refractivity contribution in [2.75, 3.05) is 0 Å². The molecule has 2 fully saturated rings. The molecule has 0 aromatic heterocycles. The highest BCUT2D eigenvalue weighted by molar-refractivity contribution is 6.05. The smallest absolute Gasteiger partial charge is 0.304 e. The van der Waals surface area contributed by atoms with Gasteiger partial charge in [-0.25, -0.2) is 0 Å². The molecule has 2 amide bonds. The Morgan fingerprint density at radius 1 is 1.16 bits per heavy atom. The Hall–Kier alpha value is -2.21. The molecule has 1 aromatic carbocycles. The maximum absolute atomic E-state index is 12.6. The van der Waals surface area contributed by atoms with E-state index in [2.05, 4.69) is 0 Å². The number of hydrogen-bond acceptors (Lipinski definition) is 4. The second-order valence-electron chi connectivity index (χ2n) is 6.79. The topological polar surface area (TPSA) is 83.9 Å². The number of carbonyl (C=O) groups is 3. The van der Waals surface area contributed by atoms with E-state index in [1.165, 1.54) is 4.90 Å². The summed E-state index contributed by atoms with van der Waals surface area (Å²) in [5.74, 6) is -2.40. The van der Waals surface area contributed by atoms with Gasteiger partial charge in [0.1, 0.15) is 0 Å². The van der Waals surface area contributed by atoms with Gasteiger partial charge >= 0.3 is 5.97 Å². The second-order valence-corrected chi connectivity index (χ2v) is 6.79. The Morgan fingerprint density at radius 2 is 1.88 bits per heavy atom. The number of benzene rings is 1. The van der Waals surface area contributed by atoms with Gasteiger partial charge in [-0.2, -0.15) is 0 Å². The van der Waals surface area contributed by atoms with E-state index in [1.54, 1.807) is 0 Å². The van der Waals surface area contributed by atoms with Gasteiger partial charge in [-0.15, -0.1) is 0 Å². The van der Waals surface area contributed by atoms with Crippen molar-refractivity contribution in [2.24, 2.45) is 5.92 Å². The number of carboxylic acid groups (broad SMARTS) is 1. The van der Waals surface area contributed by atoms with Crippen LogP contribution in [0.2, 0.25) is 0 Å². The number of amides is 2. The molecule has 0 unspecified atom stereocenters. The molecule has 25 heavy (non-hydrogen) atoms. The molecule has 1 saturated carbocycles. The van der Waals surface area contributed by atoms with Crippen molar-refractivity contribution in [3.05, 3.63) is 35.9 Å². The molecule has 1 aromatic rings. The molecule has 1 aliphatic heterocycles. The highest BCUT2D eigenvalue weighted by Gasteiger charge is 2.46. The molecule has 0 bridgehead atoms. The predicted molar refractivity (Wildman–Crippen MR) is 89.5 cm³/mol. The highest BCUT2D eigenvalue weighted by atomic mass is 16.5. The second kappa shape index (κ2) is 7.78. The average molecular weight is 345 g/mol. The van der Waals surface area contributed by atoms with Gasteiger partial charge < -0.3 is 9.84 Å². The molecule has 1 heterocycles. The minimum atomic E-state index is -1.05. The van der Waals surface area contributed by atoms with E-state index >= 15 is 0 Å². The fraction of sp³-hybridized carbons (Fsp3) is 0.526. The molecule has 2 aliphatic rings. The largest absolute Gasteiger partial charge is 0.481 e. The van der Waals surface area contributed by atoms with Gasteiger partial charge in [-0.1, -0.05) is 43.2 Å². The Morgan fingerprint density at radius 3 is 2.60 bits per heavy atom. The summed E-state index contributed by atoms with van der Waals surface area (Å²) in [4.78, 5) is 37.1. The first-order valence-electron chi connectivity index (χ1n) is 8.79. The summed E-state index contributed by atoms with van der Waals surface area (Å²) in [6, 6.07) is 9.51. The molecule has 3 rings (SSSR count). The average Bonchev–Trinajstić information content (AvgIpc) is 2.87. The summed E-state index contributed by atoms with van der Waals surface area (Å²) in [6.45, 7) is 0.441. The van der Waals surface area contributed by atoms with Crippen LogP contribution in [0.25, 0.3) is 0 Å². The molecule has 6 nitrogen and oxygen atoms in total. The summed E-state index contributed by atoms with van der Waals surface area (Å²) < 4.78 is 6.04. The minimum absolute atomic E-state index is 0.00691.